The lowest BCUT2D eigenvalue weighted by Crippen LogP contribution is -2.56. The maximum atomic E-state index is 5.19. The molecular weight excluding hydrogens is 200 g/mol. The van der Waals surface area contributed by atoms with Crippen LogP contribution in [0.25, 0.3) is 0 Å². The fourth-order valence-corrected chi connectivity index (χ4v) is 2.19. The van der Waals surface area contributed by atoms with Gasteiger partial charge in [-0.05, 0) is 33.1 Å². The summed E-state index contributed by atoms with van der Waals surface area (Å²) in [5.74, 6) is 0.824. The first kappa shape index (κ1) is 13.9. The summed E-state index contributed by atoms with van der Waals surface area (Å²) in [4.78, 5) is 2.57. The maximum Gasteiger partial charge on any atom is 0.0639 e. The molecule has 1 N–H and O–H groups in total. The van der Waals surface area contributed by atoms with Gasteiger partial charge in [0.1, 0.15) is 0 Å². The third-order valence-electron chi connectivity index (χ3n) is 3.57. The van der Waals surface area contributed by atoms with E-state index in [1.807, 2.05) is 0 Å². The van der Waals surface area contributed by atoms with Gasteiger partial charge in [0.05, 0.1) is 6.61 Å². The first-order valence-corrected chi connectivity index (χ1v) is 6.46. The van der Waals surface area contributed by atoms with E-state index in [0.29, 0.717) is 0 Å². The van der Waals surface area contributed by atoms with Crippen LogP contribution in [-0.2, 0) is 4.74 Å². The molecule has 1 rings (SSSR count). The van der Waals surface area contributed by atoms with E-state index in [9.17, 15) is 0 Å². The fraction of sp³-hybridized carbons (Fsp3) is 1.00. The molecule has 16 heavy (non-hydrogen) atoms. The van der Waals surface area contributed by atoms with Crippen LogP contribution in [0.15, 0.2) is 0 Å². The third-order valence-corrected chi connectivity index (χ3v) is 3.57. The normalized spacial score (nSPS) is 20.8. The fourth-order valence-electron chi connectivity index (χ4n) is 2.19. The van der Waals surface area contributed by atoms with Crippen molar-refractivity contribution < 1.29 is 4.74 Å². The van der Waals surface area contributed by atoms with E-state index >= 15 is 0 Å². The van der Waals surface area contributed by atoms with Crippen molar-refractivity contribution in [1.82, 2.24) is 10.2 Å². The Morgan fingerprint density at radius 3 is 2.56 bits per heavy atom. The molecule has 1 heterocycles. The largest absolute Gasteiger partial charge is 0.383 e. The van der Waals surface area contributed by atoms with Crippen LogP contribution in [0.5, 0.6) is 0 Å². The molecule has 0 aromatic heterocycles. The van der Waals surface area contributed by atoms with Crippen LogP contribution in [-0.4, -0.2) is 49.8 Å². The van der Waals surface area contributed by atoms with Gasteiger partial charge in [-0.15, -0.1) is 0 Å². The van der Waals surface area contributed by atoms with Gasteiger partial charge in [-0.2, -0.15) is 0 Å². The molecular formula is C13H28N2O. The number of nitrogens with zero attached hydrogens (tertiary/aromatic N) is 1. The third kappa shape index (κ3) is 4.04. The Morgan fingerprint density at radius 1 is 1.44 bits per heavy atom. The second-order valence-electron chi connectivity index (χ2n) is 5.77. The molecule has 1 aliphatic heterocycles. The molecule has 0 spiro atoms. The van der Waals surface area contributed by atoms with Gasteiger partial charge in [-0.1, -0.05) is 6.92 Å². The summed E-state index contributed by atoms with van der Waals surface area (Å²) < 4.78 is 5.19. The van der Waals surface area contributed by atoms with E-state index < -0.39 is 0 Å². The van der Waals surface area contributed by atoms with Gasteiger partial charge in [0.2, 0.25) is 0 Å². The zero-order valence-electron chi connectivity index (χ0n) is 11.5. The Morgan fingerprint density at radius 2 is 2.06 bits per heavy atom. The van der Waals surface area contributed by atoms with Gasteiger partial charge >= 0.3 is 0 Å². The molecule has 0 bridgehead atoms. The Labute approximate surface area is 101 Å². The van der Waals surface area contributed by atoms with Crippen LogP contribution in [0.3, 0.4) is 0 Å². The van der Waals surface area contributed by atoms with Crippen molar-refractivity contribution in [1.29, 1.82) is 0 Å². The van der Waals surface area contributed by atoms with Gasteiger partial charge in [0.25, 0.3) is 0 Å². The molecule has 1 unspecified atom stereocenters. The smallest absolute Gasteiger partial charge is 0.0639 e. The monoisotopic (exact) mass is 228 g/mol. The van der Waals surface area contributed by atoms with E-state index in [-0.39, 0.29) is 5.54 Å². The highest BCUT2D eigenvalue weighted by molar-refractivity contribution is 4.87. The van der Waals surface area contributed by atoms with E-state index in [4.69, 9.17) is 4.74 Å². The lowest BCUT2D eigenvalue weighted by molar-refractivity contribution is 0.0483. The number of ether oxygens (including phenoxy) is 1. The highest BCUT2D eigenvalue weighted by Gasteiger charge is 2.30. The molecule has 3 heteroatoms. The topological polar surface area (TPSA) is 24.5 Å². The summed E-state index contributed by atoms with van der Waals surface area (Å²) in [7, 11) is 1.76. The summed E-state index contributed by atoms with van der Waals surface area (Å²) in [6.07, 6.45) is 1.26. The summed E-state index contributed by atoms with van der Waals surface area (Å²) >= 11 is 0. The lowest BCUT2D eigenvalue weighted by Gasteiger charge is -2.44. The molecule has 1 fully saturated rings. The number of rotatable bonds is 7. The minimum atomic E-state index is 0.103. The second-order valence-corrected chi connectivity index (χ2v) is 5.77. The van der Waals surface area contributed by atoms with Gasteiger partial charge in [0.15, 0.2) is 0 Å². The molecule has 0 saturated carbocycles. The SMILES string of the molecule is CCC(C)N1CC(CNC(C)(C)COC)C1. The summed E-state index contributed by atoms with van der Waals surface area (Å²) in [5.41, 5.74) is 0.103. The second kappa shape index (κ2) is 5.99. The van der Waals surface area contributed by atoms with Crippen LogP contribution in [0.1, 0.15) is 34.1 Å². The van der Waals surface area contributed by atoms with E-state index in [2.05, 4.69) is 37.9 Å². The van der Waals surface area contributed by atoms with Crippen molar-refractivity contribution in [3.05, 3.63) is 0 Å². The van der Waals surface area contributed by atoms with Crippen molar-refractivity contribution in [3.63, 3.8) is 0 Å². The first-order valence-electron chi connectivity index (χ1n) is 6.46. The zero-order chi connectivity index (χ0) is 12.2. The standard InChI is InChI=1S/C13H28N2O/c1-6-11(2)15-8-12(9-15)7-14-13(3,4)10-16-5/h11-12,14H,6-10H2,1-5H3. The lowest BCUT2D eigenvalue weighted by atomic mass is 9.95. The van der Waals surface area contributed by atoms with Crippen molar-refractivity contribution in [3.8, 4) is 0 Å². The Hall–Kier alpha value is -0.120. The van der Waals surface area contributed by atoms with E-state index in [1.54, 1.807) is 7.11 Å². The number of hydrogen-bond acceptors (Lipinski definition) is 3. The van der Waals surface area contributed by atoms with Crippen LogP contribution in [0.2, 0.25) is 0 Å². The van der Waals surface area contributed by atoms with Crippen molar-refractivity contribution in [2.45, 2.75) is 45.7 Å². The summed E-state index contributed by atoms with van der Waals surface area (Å²) in [6.45, 7) is 13.4. The molecule has 1 aliphatic rings. The Balaban J connectivity index is 2.13. The zero-order valence-corrected chi connectivity index (χ0v) is 11.5. The van der Waals surface area contributed by atoms with Crippen molar-refractivity contribution in [2.24, 2.45) is 5.92 Å². The quantitative estimate of drug-likeness (QED) is 0.718. The highest BCUT2D eigenvalue weighted by Crippen LogP contribution is 2.19. The molecule has 0 aromatic rings. The van der Waals surface area contributed by atoms with E-state index in [0.717, 1.165) is 25.1 Å². The predicted molar refractivity (Wildman–Crippen MR) is 68.8 cm³/mol. The minimum absolute atomic E-state index is 0.103. The first-order chi connectivity index (χ1) is 7.48. The number of nitrogens with one attached hydrogen (secondary N) is 1. The summed E-state index contributed by atoms with van der Waals surface area (Å²) in [5, 5.41) is 3.59. The molecule has 1 saturated heterocycles. The highest BCUT2D eigenvalue weighted by atomic mass is 16.5. The molecule has 96 valence electrons. The van der Waals surface area contributed by atoms with Crippen LogP contribution in [0.4, 0.5) is 0 Å². The number of likely N-dealkylation sites (tertiary alicyclic amines) is 1. The molecule has 1 atom stereocenters. The van der Waals surface area contributed by atoms with Crippen LogP contribution >= 0.6 is 0 Å². The van der Waals surface area contributed by atoms with Gasteiger partial charge in [0, 0.05) is 38.3 Å². The van der Waals surface area contributed by atoms with Crippen LogP contribution < -0.4 is 5.32 Å². The average molecular weight is 228 g/mol. The van der Waals surface area contributed by atoms with E-state index in [1.165, 1.54) is 19.5 Å². The minimum Gasteiger partial charge on any atom is -0.383 e. The molecule has 0 aromatic carbocycles. The van der Waals surface area contributed by atoms with Crippen molar-refractivity contribution in [2.75, 3.05) is 33.4 Å². The average Bonchev–Trinajstić information content (AvgIpc) is 2.14. The molecule has 3 nitrogen and oxygen atoms in total. The molecule has 0 amide bonds. The van der Waals surface area contributed by atoms with Crippen molar-refractivity contribution >= 4 is 0 Å². The Bertz CT molecular complexity index is 200. The number of hydrogen-bond donors (Lipinski definition) is 1. The van der Waals surface area contributed by atoms with Crippen LogP contribution in [0, 0.1) is 5.92 Å². The number of methoxy groups -OCH3 is 1. The molecule has 0 aliphatic carbocycles. The maximum absolute atomic E-state index is 5.19. The van der Waals surface area contributed by atoms with Gasteiger partial charge < -0.3 is 10.1 Å². The predicted octanol–water partition coefficient (Wildman–Crippen LogP) is 1.73. The van der Waals surface area contributed by atoms with Gasteiger partial charge in [-0.3, -0.25) is 4.90 Å². The Kier molecular flexibility index (Phi) is 5.22. The molecule has 0 radical (unpaired) electrons. The summed E-state index contributed by atoms with van der Waals surface area (Å²) in [6, 6.07) is 0.753. The van der Waals surface area contributed by atoms with Gasteiger partial charge in [-0.25, -0.2) is 0 Å².